The number of hydrogen-bond donors (Lipinski definition) is 2. The van der Waals surface area contributed by atoms with E-state index < -0.39 is 22.5 Å². The highest BCUT2D eigenvalue weighted by atomic mass is 19.1. The van der Waals surface area contributed by atoms with Crippen LogP contribution in [0.25, 0.3) is 0 Å². The number of nitrogens with one attached hydrogen (secondary N) is 2. The zero-order valence-electron chi connectivity index (χ0n) is 12.0. The SMILES string of the molecule is CC(C)(C)Nc1c(NCc2cc(F)cc(F)c2)c(=O)c1=O. The van der Waals surface area contributed by atoms with Crippen molar-refractivity contribution < 1.29 is 8.78 Å². The molecule has 0 amide bonds. The molecule has 0 radical (unpaired) electrons. The highest BCUT2D eigenvalue weighted by Crippen LogP contribution is 2.20. The molecule has 0 aliphatic carbocycles. The second-order valence-corrected chi connectivity index (χ2v) is 5.91. The predicted octanol–water partition coefficient (Wildman–Crippen LogP) is 2.38. The molecule has 2 N–H and O–H groups in total. The fraction of sp³-hybridized carbons (Fsp3) is 0.333. The molecular formula is C15H16F2N2O2. The monoisotopic (exact) mass is 294 g/mol. The standard InChI is InChI=1S/C15H16F2N2O2/c1-15(2,3)19-12-11(13(20)14(12)21)18-7-8-4-9(16)6-10(17)5-8/h4-6,18-19H,7H2,1-3H3. The molecule has 0 heterocycles. The highest BCUT2D eigenvalue weighted by molar-refractivity contribution is 5.74. The van der Waals surface area contributed by atoms with Crippen molar-refractivity contribution in [1.29, 1.82) is 0 Å². The average molecular weight is 294 g/mol. The van der Waals surface area contributed by atoms with Crippen molar-refractivity contribution in [3.05, 3.63) is 55.8 Å². The van der Waals surface area contributed by atoms with Gasteiger partial charge in [-0.25, -0.2) is 8.78 Å². The maximum absolute atomic E-state index is 13.1. The quantitative estimate of drug-likeness (QED) is 0.850. The number of rotatable bonds is 4. The largest absolute Gasteiger partial charge is 0.376 e. The molecule has 0 aliphatic rings. The highest BCUT2D eigenvalue weighted by Gasteiger charge is 2.24. The van der Waals surface area contributed by atoms with Gasteiger partial charge in [-0.15, -0.1) is 0 Å². The van der Waals surface area contributed by atoms with Crippen molar-refractivity contribution in [2.45, 2.75) is 32.9 Å². The van der Waals surface area contributed by atoms with E-state index in [1.54, 1.807) is 0 Å². The van der Waals surface area contributed by atoms with Gasteiger partial charge in [0, 0.05) is 18.2 Å². The van der Waals surface area contributed by atoms with Gasteiger partial charge in [0.25, 0.3) is 10.9 Å². The van der Waals surface area contributed by atoms with Crippen molar-refractivity contribution in [2.24, 2.45) is 0 Å². The fourth-order valence-corrected chi connectivity index (χ4v) is 1.96. The van der Waals surface area contributed by atoms with E-state index in [1.807, 2.05) is 20.8 Å². The molecule has 2 rings (SSSR count). The Labute approximate surface area is 120 Å². The van der Waals surface area contributed by atoms with E-state index in [0.717, 1.165) is 6.07 Å². The summed E-state index contributed by atoms with van der Waals surface area (Å²) in [6, 6.07) is 3.10. The Morgan fingerprint density at radius 1 is 0.952 bits per heavy atom. The molecule has 0 bridgehead atoms. The smallest absolute Gasteiger partial charge is 0.253 e. The van der Waals surface area contributed by atoms with E-state index in [1.165, 1.54) is 12.1 Å². The molecule has 0 aliphatic heterocycles. The first kappa shape index (κ1) is 15.2. The molecule has 0 unspecified atom stereocenters. The van der Waals surface area contributed by atoms with Crippen LogP contribution in [0, 0.1) is 11.6 Å². The molecule has 6 heteroatoms. The van der Waals surface area contributed by atoms with Crippen molar-refractivity contribution in [3.8, 4) is 0 Å². The third kappa shape index (κ3) is 3.45. The molecule has 0 fully saturated rings. The lowest BCUT2D eigenvalue weighted by Crippen LogP contribution is -2.41. The maximum atomic E-state index is 13.1. The molecule has 4 nitrogen and oxygen atoms in total. The van der Waals surface area contributed by atoms with Gasteiger partial charge in [-0.1, -0.05) is 0 Å². The number of halogens is 2. The minimum atomic E-state index is -0.690. The van der Waals surface area contributed by atoms with E-state index in [2.05, 4.69) is 10.6 Å². The lowest BCUT2D eigenvalue weighted by Gasteiger charge is -2.24. The lowest BCUT2D eigenvalue weighted by atomic mass is 10.1. The zero-order chi connectivity index (χ0) is 15.8. The van der Waals surface area contributed by atoms with Crippen LogP contribution in [0.5, 0.6) is 0 Å². The summed E-state index contributed by atoms with van der Waals surface area (Å²) in [4.78, 5) is 23.1. The average Bonchev–Trinajstić information content (AvgIpc) is 2.34. The zero-order valence-corrected chi connectivity index (χ0v) is 12.0. The summed E-state index contributed by atoms with van der Waals surface area (Å²) in [6.45, 7) is 5.62. The Morgan fingerprint density at radius 2 is 1.48 bits per heavy atom. The minimum Gasteiger partial charge on any atom is -0.376 e. The molecule has 0 spiro atoms. The first-order valence-electron chi connectivity index (χ1n) is 6.48. The van der Waals surface area contributed by atoms with Crippen LogP contribution in [-0.2, 0) is 6.54 Å². The number of hydrogen-bond acceptors (Lipinski definition) is 4. The van der Waals surface area contributed by atoms with Crippen molar-refractivity contribution in [3.63, 3.8) is 0 Å². The number of anilines is 2. The molecule has 21 heavy (non-hydrogen) atoms. The minimum absolute atomic E-state index is 0.0539. The van der Waals surface area contributed by atoms with E-state index in [4.69, 9.17) is 0 Å². The maximum Gasteiger partial charge on any atom is 0.253 e. The lowest BCUT2D eigenvalue weighted by molar-refractivity contribution is 0.580. The Balaban J connectivity index is 2.16. The van der Waals surface area contributed by atoms with Crippen LogP contribution in [0.4, 0.5) is 20.2 Å². The van der Waals surface area contributed by atoms with E-state index in [-0.39, 0.29) is 23.5 Å². The molecule has 2 aromatic rings. The van der Waals surface area contributed by atoms with Crippen LogP contribution in [0.2, 0.25) is 0 Å². The molecule has 0 aromatic heterocycles. The van der Waals surface area contributed by atoms with Gasteiger partial charge in [0.1, 0.15) is 23.0 Å². The van der Waals surface area contributed by atoms with Gasteiger partial charge >= 0.3 is 0 Å². The van der Waals surface area contributed by atoms with Crippen LogP contribution < -0.4 is 21.5 Å². The van der Waals surface area contributed by atoms with E-state index in [9.17, 15) is 18.4 Å². The van der Waals surface area contributed by atoms with Gasteiger partial charge in [0.05, 0.1) is 0 Å². The summed E-state index contributed by atoms with van der Waals surface area (Å²) in [7, 11) is 0. The first-order chi connectivity index (χ1) is 9.67. The third-order valence-corrected chi connectivity index (χ3v) is 2.80. The first-order valence-corrected chi connectivity index (χ1v) is 6.48. The molecule has 2 aromatic carbocycles. The third-order valence-electron chi connectivity index (χ3n) is 2.80. The van der Waals surface area contributed by atoms with Gasteiger partial charge in [-0.2, -0.15) is 0 Å². The molecular weight excluding hydrogens is 278 g/mol. The second kappa shape index (κ2) is 5.27. The Hall–Kier alpha value is -2.24. The topological polar surface area (TPSA) is 58.2 Å². The Morgan fingerprint density at radius 3 is 2.00 bits per heavy atom. The summed E-state index contributed by atoms with van der Waals surface area (Å²) in [5.74, 6) is -1.38. The summed E-state index contributed by atoms with van der Waals surface area (Å²) in [6.07, 6.45) is 0. The van der Waals surface area contributed by atoms with Gasteiger partial charge in [-0.3, -0.25) is 9.59 Å². The van der Waals surface area contributed by atoms with Gasteiger partial charge < -0.3 is 10.6 Å². The van der Waals surface area contributed by atoms with Crippen LogP contribution in [0.15, 0.2) is 27.8 Å². The Kier molecular flexibility index (Phi) is 3.80. The second-order valence-electron chi connectivity index (χ2n) is 5.91. The normalized spacial score (nSPS) is 11.7. The summed E-state index contributed by atoms with van der Waals surface area (Å²) < 4.78 is 26.1. The van der Waals surface area contributed by atoms with E-state index >= 15 is 0 Å². The summed E-state index contributed by atoms with van der Waals surface area (Å²) >= 11 is 0. The number of benzene rings is 1. The van der Waals surface area contributed by atoms with Gasteiger partial charge in [0.2, 0.25) is 0 Å². The van der Waals surface area contributed by atoms with Crippen LogP contribution >= 0.6 is 0 Å². The molecule has 112 valence electrons. The summed E-state index contributed by atoms with van der Waals surface area (Å²) in [5, 5.41) is 5.70. The predicted molar refractivity (Wildman–Crippen MR) is 78.4 cm³/mol. The van der Waals surface area contributed by atoms with Crippen LogP contribution in [0.1, 0.15) is 26.3 Å². The fourth-order valence-electron chi connectivity index (χ4n) is 1.96. The van der Waals surface area contributed by atoms with Crippen molar-refractivity contribution in [2.75, 3.05) is 10.6 Å². The Bertz CT molecular complexity index is 721. The summed E-state index contributed by atoms with van der Waals surface area (Å²) in [5.41, 5.74) is -0.869. The molecule has 0 saturated carbocycles. The van der Waals surface area contributed by atoms with Crippen molar-refractivity contribution >= 4 is 11.4 Å². The van der Waals surface area contributed by atoms with Gasteiger partial charge in [0.15, 0.2) is 0 Å². The van der Waals surface area contributed by atoms with Crippen LogP contribution in [0.3, 0.4) is 0 Å². The molecule has 0 atom stereocenters. The van der Waals surface area contributed by atoms with Crippen molar-refractivity contribution in [1.82, 2.24) is 0 Å². The van der Waals surface area contributed by atoms with E-state index in [0.29, 0.717) is 5.56 Å². The molecule has 0 saturated heterocycles. The van der Waals surface area contributed by atoms with Crippen LogP contribution in [-0.4, -0.2) is 5.54 Å². The van der Waals surface area contributed by atoms with Gasteiger partial charge in [-0.05, 0) is 38.5 Å².